The fourth-order valence-corrected chi connectivity index (χ4v) is 1.98. The number of ether oxygens (including phenoxy) is 1. The van der Waals surface area contributed by atoms with Crippen molar-refractivity contribution in [2.45, 2.75) is 13.5 Å². The van der Waals surface area contributed by atoms with Crippen molar-refractivity contribution in [1.82, 2.24) is 4.90 Å². The zero-order chi connectivity index (χ0) is 13.3. The molecule has 6 heteroatoms. The van der Waals surface area contributed by atoms with Crippen LogP contribution >= 0.6 is 0 Å². The van der Waals surface area contributed by atoms with Gasteiger partial charge in [0, 0.05) is 25.2 Å². The quantitative estimate of drug-likeness (QED) is 0.546. The fourth-order valence-electron chi connectivity index (χ4n) is 1.98. The highest BCUT2D eigenvalue weighted by Gasteiger charge is 2.23. The van der Waals surface area contributed by atoms with Gasteiger partial charge in [0.05, 0.1) is 18.8 Å². The predicted molar refractivity (Wildman–Crippen MR) is 62.2 cm³/mol. The Morgan fingerprint density at radius 3 is 2.33 bits per heavy atom. The maximum Gasteiger partial charge on any atom is 0.172 e. The Morgan fingerprint density at radius 2 is 1.72 bits per heavy atom. The number of rotatable bonds is 2. The molecule has 3 N–H and O–H groups in total. The first-order chi connectivity index (χ1) is 8.52. The van der Waals surface area contributed by atoms with Gasteiger partial charge in [-0.3, -0.25) is 4.90 Å². The lowest BCUT2D eigenvalue weighted by molar-refractivity contribution is 0.0334. The number of phenols is 3. The summed E-state index contributed by atoms with van der Waals surface area (Å²) in [6.07, 6.45) is 0. The van der Waals surface area contributed by atoms with Gasteiger partial charge in [0.2, 0.25) is 0 Å². The van der Waals surface area contributed by atoms with Crippen molar-refractivity contribution in [3.8, 4) is 17.2 Å². The van der Waals surface area contributed by atoms with E-state index in [-0.39, 0.29) is 17.7 Å². The van der Waals surface area contributed by atoms with Crippen molar-refractivity contribution < 1.29 is 24.4 Å². The molecule has 0 spiro atoms. The van der Waals surface area contributed by atoms with Crippen LogP contribution in [0.25, 0.3) is 0 Å². The average Bonchev–Trinajstić information content (AvgIpc) is 2.40. The molecule has 0 atom stereocenters. The smallest absolute Gasteiger partial charge is 0.172 e. The summed E-state index contributed by atoms with van der Waals surface area (Å²) < 4.78 is 18.8. The van der Waals surface area contributed by atoms with E-state index in [2.05, 4.69) is 0 Å². The van der Waals surface area contributed by atoms with Crippen LogP contribution in [0.5, 0.6) is 17.2 Å². The minimum Gasteiger partial charge on any atom is -0.504 e. The Balaban J connectivity index is 2.32. The summed E-state index contributed by atoms with van der Waals surface area (Å²) >= 11 is 0. The summed E-state index contributed by atoms with van der Waals surface area (Å²) in [5.74, 6) is -2.48. The molecule has 1 aromatic carbocycles. The molecule has 1 aliphatic heterocycles. The Labute approximate surface area is 104 Å². The van der Waals surface area contributed by atoms with Crippen molar-refractivity contribution in [2.24, 2.45) is 0 Å². The van der Waals surface area contributed by atoms with Gasteiger partial charge in [-0.05, 0) is 6.92 Å². The van der Waals surface area contributed by atoms with Gasteiger partial charge in [0.15, 0.2) is 23.1 Å². The van der Waals surface area contributed by atoms with E-state index < -0.39 is 23.1 Å². The first-order valence-electron chi connectivity index (χ1n) is 5.74. The summed E-state index contributed by atoms with van der Waals surface area (Å²) in [6.45, 7) is 3.85. The van der Waals surface area contributed by atoms with E-state index in [0.29, 0.717) is 26.3 Å². The molecule has 1 aliphatic rings. The molecular weight excluding hydrogens is 241 g/mol. The molecule has 0 aliphatic carbocycles. The molecule has 0 radical (unpaired) electrons. The standard InChI is InChI=1S/C12H16FNO4/c1-7-9(13)11(16)8(12(17)10(7)15)6-14-2-4-18-5-3-14/h15-17H,2-6H2,1H3. The minimum absolute atomic E-state index is 0.0116. The number of morpholine rings is 1. The maximum absolute atomic E-state index is 13.6. The highest BCUT2D eigenvalue weighted by atomic mass is 19.1. The van der Waals surface area contributed by atoms with Crippen LogP contribution in [0.2, 0.25) is 0 Å². The van der Waals surface area contributed by atoms with Gasteiger partial charge in [-0.25, -0.2) is 4.39 Å². The van der Waals surface area contributed by atoms with Crippen LogP contribution in [0.4, 0.5) is 4.39 Å². The summed E-state index contributed by atoms with van der Waals surface area (Å²) in [5.41, 5.74) is -0.145. The molecule has 0 amide bonds. The number of aromatic hydroxyl groups is 3. The highest BCUT2D eigenvalue weighted by Crippen LogP contribution is 2.41. The van der Waals surface area contributed by atoms with Crippen molar-refractivity contribution in [3.05, 3.63) is 16.9 Å². The normalized spacial score (nSPS) is 17.0. The van der Waals surface area contributed by atoms with Crippen molar-refractivity contribution in [2.75, 3.05) is 26.3 Å². The largest absolute Gasteiger partial charge is 0.504 e. The van der Waals surface area contributed by atoms with E-state index in [0.717, 1.165) is 0 Å². The number of hydrogen-bond donors (Lipinski definition) is 3. The molecule has 1 aromatic rings. The van der Waals surface area contributed by atoms with E-state index in [9.17, 15) is 19.7 Å². The molecule has 0 bridgehead atoms. The Bertz CT molecular complexity index is 429. The van der Waals surface area contributed by atoms with E-state index in [4.69, 9.17) is 4.74 Å². The third kappa shape index (κ3) is 2.21. The van der Waals surface area contributed by atoms with Crippen LogP contribution in [-0.2, 0) is 11.3 Å². The van der Waals surface area contributed by atoms with Crippen molar-refractivity contribution in [3.63, 3.8) is 0 Å². The molecule has 0 unspecified atom stereocenters. The van der Waals surface area contributed by atoms with Crippen molar-refractivity contribution >= 4 is 0 Å². The van der Waals surface area contributed by atoms with Crippen LogP contribution < -0.4 is 0 Å². The van der Waals surface area contributed by atoms with Gasteiger partial charge in [-0.1, -0.05) is 0 Å². The third-order valence-corrected chi connectivity index (χ3v) is 3.17. The second kappa shape index (κ2) is 4.99. The lowest BCUT2D eigenvalue weighted by atomic mass is 10.1. The topological polar surface area (TPSA) is 73.2 Å². The fraction of sp³-hybridized carbons (Fsp3) is 0.500. The molecule has 18 heavy (non-hydrogen) atoms. The van der Waals surface area contributed by atoms with Gasteiger partial charge in [0.1, 0.15) is 0 Å². The predicted octanol–water partition coefficient (Wildman–Crippen LogP) is 1.08. The van der Waals surface area contributed by atoms with Gasteiger partial charge in [-0.15, -0.1) is 0 Å². The second-order valence-corrected chi connectivity index (χ2v) is 4.35. The Hall–Kier alpha value is -1.53. The van der Waals surface area contributed by atoms with Gasteiger partial charge in [0.25, 0.3) is 0 Å². The van der Waals surface area contributed by atoms with E-state index in [1.54, 1.807) is 0 Å². The monoisotopic (exact) mass is 257 g/mol. The van der Waals surface area contributed by atoms with Gasteiger partial charge in [-0.2, -0.15) is 0 Å². The molecule has 1 heterocycles. The van der Waals surface area contributed by atoms with E-state index in [1.807, 2.05) is 4.90 Å². The molecule has 1 fully saturated rings. The SMILES string of the molecule is Cc1c(O)c(O)c(CN2CCOCC2)c(O)c1F. The number of nitrogens with zero attached hydrogens (tertiary/aromatic N) is 1. The molecule has 1 saturated heterocycles. The Kier molecular flexibility index (Phi) is 3.58. The molecule has 0 saturated carbocycles. The van der Waals surface area contributed by atoms with Gasteiger partial charge < -0.3 is 20.1 Å². The third-order valence-electron chi connectivity index (χ3n) is 3.17. The number of phenolic OH excluding ortho intramolecular Hbond substituents is 3. The first-order valence-corrected chi connectivity index (χ1v) is 5.74. The van der Waals surface area contributed by atoms with Crippen LogP contribution in [0, 0.1) is 12.7 Å². The lowest BCUT2D eigenvalue weighted by Gasteiger charge is -2.27. The number of benzene rings is 1. The van der Waals surface area contributed by atoms with Gasteiger partial charge >= 0.3 is 0 Å². The Morgan fingerprint density at radius 1 is 1.11 bits per heavy atom. The van der Waals surface area contributed by atoms with Crippen LogP contribution in [0.3, 0.4) is 0 Å². The van der Waals surface area contributed by atoms with Crippen LogP contribution in [0.1, 0.15) is 11.1 Å². The summed E-state index contributed by atoms with van der Waals surface area (Å²) in [5, 5.41) is 29.1. The first kappa shape index (κ1) is 12.9. The summed E-state index contributed by atoms with van der Waals surface area (Å²) in [7, 11) is 0. The van der Waals surface area contributed by atoms with E-state index in [1.165, 1.54) is 6.92 Å². The molecule has 5 nitrogen and oxygen atoms in total. The number of halogens is 1. The zero-order valence-electron chi connectivity index (χ0n) is 10.1. The summed E-state index contributed by atoms with van der Waals surface area (Å²) in [6, 6.07) is 0. The minimum atomic E-state index is -0.895. The maximum atomic E-state index is 13.6. The highest BCUT2D eigenvalue weighted by molar-refractivity contribution is 5.56. The zero-order valence-corrected chi connectivity index (χ0v) is 10.1. The lowest BCUT2D eigenvalue weighted by Crippen LogP contribution is -2.35. The van der Waals surface area contributed by atoms with Crippen LogP contribution in [-0.4, -0.2) is 46.5 Å². The van der Waals surface area contributed by atoms with Crippen molar-refractivity contribution in [1.29, 1.82) is 0 Å². The average molecular weight is 257 g/mol. The van der Waals surface area contributed by atoms with E-state index >= 15 is 0 Å². The summed E-state index contributed by atoms with van der Waals surface area (Å²) in [4.78, 5) is 1.91. The molecule has 2 rings (SSSR count). The number of hydrogen-bond acceptors (Lipinski definition) is 5. The second-order valence-electron chi connectivity index (χ2n) is 4.35. The molecular formula is C12H16FNO4. The van der Waals surface area contributed by atoms with Crippen LogP contribution in [0.15, 0.2) is 0 Å². The molecule has 0 aromatic heterocycles. The molecule has 100 valence electrons.